The Morgan fingerprint density at radius 3 is 3.09 bits per heavy atom. The molecule has 1 aromatic heterocycles. The summed E-state index contributed by atoms with van der Waals surface area (Å²) in [5.74, 6) is 0.973. The van der Waals surface area contributed by atoms with E-state index in [0.29, 0.717) is 13.2 Å². The fourth-order valence-electron chi connectivity index (χ4n) is 1.32. The minimum absolute atomic E-state index is 0.240. The first-order valence-corrected chi connectivity index (χ1v) is 4.15. The van der Waals surface area contributed by atoms with Gasteiger partial charge < -0.3 is 9.15 Å². The van der Waals surface area contributed by atoms with Crippen molar-refractivity contribution in [3.05, 3.63) is 23.2 Å². The molecule has 60 valence electrons. The van der Waals surface area contributed by atoms with Gasteiger partial charge in [0.2, 0.25) is 0 Å². The average molecular weight is 170 g/mol. The highest BCUT2D eigenvalue weighted by molar-refractivity contribution is 7.80. The first kappa shape index (κ1) is 7.25. The van der Waals surface area contributed by atoms with Crippen molar-refractivity contribution in [2.45, 2.75) is 25.4 Å². The fraction of sp³-hybridized carbons (Fsp3) is 0.500. The molecule has 0 aliphatic carbocycles. The zero-order chi connectivity index (χ0) is 7.84. The van der Waals surface area contributed by atoms with E-state index in [2.05, 4.69) is 12.6 Å². The highest BCUT2D eigenvalue weighted by atomic mass is 32.1. The van der Waals surface area contributed by atoms with E-state index in [9.17, 15) is 0 Å². The first-order chi connectivity index (χ1) is 5.29. The number of furan rings is 1. The zero-order valence-electron chi connectivity index (χ0n) is 6.33. The minimum Gasteiger partial charge on any atom is -0.466 e. The van der Waals surface area contributed by atoms with Gasteiger partial charge in [-0.3, -0.25) is 0 Å². The van der Waals surface area contributed by atoms with Gasteiger partial charge in [-0.15, -0.1) is 0 Å². The highest BCUT2D eigenvalue weighted by Crippen LogP contribution is 2.31. The Kier molecular flexibility index (Phi) is 1.69. The lowest BCUT2D eigenvalue weighted by molar-refractivity contribution is 0.123. The number of hydrogen-bond donors (Lipinski definition) is 1. The molecule has 3 heteroatoms. The largest absolute Gasteiger partial charge is 0.466 e. The molecule has 1 atom stereocenters. The molecule has 2 nitrogen and oxygen atoms in total. The molecular weight excluding hydrogens is 160 g/mol. The Labute approximate surface area is 70.9 Å². The first-order valence-electron chi connectivity index (χ1n) is 3.64. The van der Waals surface area contributed by atoms with Gasteiger partial charge in [0.05, 0.1) is 12.9 Å². The van der Waals surface area contributed by atoms with Crippen molar-refractivity contribution in [3.8, 4) is 0 Å². The van der Waals surface area contributed by atoms with Crippen LogP contribution in [0.1, 0.15) is 29.1 Å². The lowest BCUT2D eigenvalue weighted by atomic mass is 10.1. The van der Waals surface area contributed by atoms with E-state index >= 15 is 0 Å². The van der Waals surface area contributed by atoms with Crippen LogP contribution in [-0.2, 0) is 18.0 Å². The van der Waals surface area contributed by atoms with Crippen LogP contribution >= 0.6 is 12.6 Å². The van der Waals surface area contributed by atoms with E-state index in [4.69, 9.17) is 9.15 Å². The van der Waals surface area contributed by atoms with Gasteiger partial charge in [0.25, 0.3) is 0 Å². The molecule has 1 aliphatic heterocycles. The third-order valence-corrected chi connectivity index (χ3v) is 2.22. The molecule has 0 bridgehead atoms. The van der Waals surface area contributed by atoms with E-state index in [1.165, 1.54) is 11.1 Å². The van der Waals surface area contributed by atoms with Crippen LogP contribution in [0.25, 0.3) is 0 Å². The number of thiol groups is 1. The van der Waals surface area contributed by atoms with Crippen LogP contribution in [0.3, 0.4) is 0 Å². The second kappa shape index (κ2) is 2.57. The Morgan fingerprint density at radius 2 is 2.36 bits per heavy atom. The quantitative estimate of drug-likeness (QED) is 0.653. The molecule has 11 heavy (non-hydrogen) atoms. The van der Waals surface area contributed by atoms with Crippen LogP contribution in [0.5, 0.6) is 0 Å². The predicted octanol–water partition coefficient (Wildman–Crippen LogP) is 2.30. The van der Waals surface area contributed by atoms with E-state index < -0.39 is 0 Å². The molecule has 0 amide bonds. The Hall–Kier alpha value is -0.410. The second-order valence-electron chi connectivity index (χ2n) is 2.76. The molecule has 0 fully saturated rings. The summed E-state index contributed by atoms with van der Waals surface area (Å²) in [4.78, 5) is 0. The van der Waals surface area contributed by atoms with Crippen LogP contribution in [0.2, 0.25) is 0 Å². The molecule has 1 aliphatic rings. The van der Waals surface area contributed by atoms with E-state index in [0.717, 1.165) is 5.76 Å². The lowest BCUT2D eigenvalue weighted by Crippen LogP contribution is -1.87. The van der Waals surface area contributed by atoms with Crippen molar-refractivity contribution in [1.82, 2.24) is 0 Å². The molecule has 1 aromatic rings. The Balaban J connectivity index is 2.42. The zero-order valence-corrected chi connectivity index (χ0v) is 7.23. The summed E-state index contributed by atoms with van der Waals surface area (Å²) in [5, 5.41) is 0.240. The summed E-state index contributed by atoms with van der Waals surface area (Å²) in [5.41, 5.74) is 2.37. The number of rotatable bonds is 1. The number of hydrogen-bond acceptors (Lipinski definition) is 3. The third-order valence-electron chi connectivity index (χ3n) is 1.94. The minimum atomic E-state index is 0.240. The fourth-order valence-corrected chi connectivity index (χ4v) is 1.54. The van der Waals surface area contributed by atoms with Crippen LogP contribution in [0, 0.1) is 0 Å². The van der Waals surface area contributed by atoms with Gasteiger partial charge in [-0.1, -0.05) is 0 Å². The maximum Gasteiger partial charge on any atom is 0.135 e. The third kappa shape index (κ3) is 1.08. The Morgan fingerprint density at radius 1 is 1.55 bits per heavy atom. The van der Waals surface area contributed by atoms with Crippen LogP contribution in [-0.4, -0.2) is 0 Å². The van der Waals surface area contributed by atoms with Gasteiger partial charge >= 0.3 is 0 Å². The van der Waals surface area contributed by atoms with Crippen LogP contribution in [0.4, 0.5) is 0 Å². The van der Waals surface area contributed by atoms with E-state index in [1.54, 1.807) is 6.26 Å². The van der Waals surface area contributed by atoms with Gasteiger partial charge in [-0.2, -0.15) is 12.6 Å². The van der Waals surface area contributed by atoms with Crippen LogP contribution < -0.4 is 0 Å². The highest BCUT2D eigenvalue weighted by Gasteiger charge is 2.21. The van der Waals surface area contributed by atoms with Crippen molar-refractivity contribution in [3.63, 3.8) is 0 Å². The van der Waals surface area contributed by atoms with Crippen molar-refractivity contribution < 1.29 is 9.15 Å². The monoisotopic (exact) mass is 170 g/mol. The second-order valence-corrected chi connectivity index (χ2v) is 3.54. The summed E-state index contributed by atoms with van der Waals surface area (Å²) in [6, 6.07) is 0. The SMILES string of the molecule is CC(S)c1coc2c1COC2. The van der Waals surface area contributed by atoms with E-state index in [1.807, 2.05) is 6.92 Å². The van der Waals surface area contributed by atoms with Crippen molar-refractivity contribution in [1.29, 1.82) is 0 Å². The topological polar surface area (TPSA) is 22.4 Å². The Bertz CT molecular complexity index is 265. The molecule has 0 radical (unpaired) electrons. The van der Waals surface area contributed by atoms with Gasteiger partial charge in [-0.25, -0.2) is 0 Å². The van der Waals surface area contributed by atoms with E-state index in [-0.39, 0.29) is 5.25 Å². The summed E-state index contributed by atoms with van der Waals surface area (Å²) >= 11 is 4.34. The molecular formula is C8H10O2S. The predicted molar refractivity (Wildman–Crippen MR) is 44.6 cm³/mol. The van der Waals surface area contributed by atoms with Gasteiger partial charge in [0, 0.05) is 16.4 Å². The van der Waals surface area contributed by atoms with Gasteiger partial charge in [0.1, 0.15) is 12.4 Å². The molecule has 2 rings (SSSR count). The van der Waals surface area contributed by atoms with Crippen molar-refractivity contribution in [2.75, 3.05) is 0 Å². The summed E-state index contributed by atoms with van der Waals surface area (Å²) in [7, 11) is 0. The molecule has 1 unspecified atom stereocenters. The molecule has 2 heterocycles. The smallest absolute Gasteiger partial charge is 0.135 e. The number of fused-ring (bicyclic) bond motifs is 1. The summed E-state index contributed by atoms with van der Waals surface area (Å²) in [6.45, 7) is 3.34. The van der Waals surface area contributed by atoms with Gasteiger partial charge in [0.15, 0.2) is 0 Å². The van der Waals surface area contributed by atoms with Crippen molar-refractivity contribution >= 4 is 12.6 Å². The molecule has 0 saturated carbocycles. The summed E-state index contributed by atoms with van der Waals surface area (Å²) in [6.07, 6.45) is 1.78. The van der Waals surface area contributed by atoms with Gasteiger partial charge in [-0.05, 0) is 6.92 Å². The molecule has 0 aromatic carbocycles. The summed E-state index contributed by atoms with van der Waals surface area (Å²) < 4.78 is 10.5. The van der Waals surface area contributed by atoms with Crippen molar-refractivity contribution in [2.24, 2.45) is 0 Å². The maximum absolute atomic E-state index is 5.29. The molecule has 0 N–H and O–H groups in total. The number of ether oxygens (including phenoxy) is 1. The normalized spacial score (nSPS) is 18.4. The standard InChI is InChI=1S/C8H10O2S/c1-5(11)6-3-10-8-4-9-2-7(6)8/h3,5,11H,2,4H2,1H3. The average Bonchev–Trinajstić information content (AvgIpc) is 2.41. The molecule has 0 spiro atoms. The van der Waals surface area contributed by atoms with Crippen LogP contribution in [0.15, 0.2) is 10.7 Å². The maximum atomic E-state index is 5.29. The lowest BCUT2D eigenvalue weighted by Gasteiger charge is -2.00. The molecule has 0 saturated heterocycles.